The van der Waals surface area contributed by atoms with E-state index in [4.69, 9.17) is 0 Å². The van der Waals surface area contributed by atoms with Crippen LogP contribution in [-0.4, -0.2) is 46.8 Å². The molecule has 26 heavy (non-hydrogen) atoms. The van der Waals surface area contributed by atoms with Crippen molar-refractivity contribution in [3.05, 3.63) is 47.0 Å². The normalized spacial score (nSPS) is 23.0. The van der Waals surface area contributed by atoms with Crippen LogP contribution in [0.4, 0.5) is 4.39 Å². The maximum Gasteiger partial charge on any atom is 0.253 e. The molecular weight excluding hydrogens is 331 g/mol. The summed E-state index contributed by atoms with van der Waals surface area (Å²) in [6, 6.07) is 6.62. The number of nitrogens with one attached hydrogen (secondary N) is 1. The molecule has 2 aliphatic rings. The Balaban J connectivity index is 1.53. The van der Waals surface area contributed by atoms with Gasteiger partial charge in [0.05, 0.1) is 5.69 Å². The molecule has 2 fully saturated rings. The summed E-state index contributed by atoms with van der Waals surface area (Å²) in [7, 11) is 0. The molecule has 2 atom stereocenters. The van der Waals surface area contributed by atoms with E-state index in [9.17, 15) is 9.18 Å². The number of aryl methyl sites for hydroxylation is 2. The van der Waals surface area contributed by atoms with Crippen molar-refractivity contribution in [2.45, 2.75) is 26.7 Å². The maximum absolute atomic E-state index is 14.7. The number of fused-ring (bicyclic) bond motifs is 1. The molecule has 138 valence electrons. The van der Waals surface area contributed by atoms with Crippen molar-refractivity contribution >= 4 is 5.91 Å². The number of rotatable bonds is 2. The lowest BCUT2D eigenvalue weighted by atomic mass is 9.92. The fourth-order valence-electron chi connectivity index (χ4n) is 4.29. The number of benzene rings is 1. The highest BCUT2D eigenvalue weighted by Crippen LogP contribution is 2.28. The fraction of sp³-hybridized carbons (Fsp3) is 0.500. The third kappa shape index (κ3) is 3.14. The molecule has 3 heterocycles. The van der Waals surface area contributed by atoms with Crippen molar-refractivity contribution in [2.75, 3.05) is 26.2 Å². The second kappa shape index (κ2) is 6.83. The number of carbonyl (C=O) groups is 1. The van der Waals surface area contributed by atoms with E-state index in [0.717, 1.165) is 50.4 Å². The Morgan fingerprint density at radius 2 is 1.85 bits per heavy atom. The SMILES string of the molecule is Cc1cc(C)n(-c2ccc(C(=O)N3CC[C@@H]4CNC[C@@H]4CC3)cc2F)n1. The van der Waals surface area contributed by atoms with Crippen LogP contribution in [0.3, 0.4) is 0 Å². The highest BCUT2D eigenvalue weighted by Gasteiger charge is 2.31. The summed E-state index contributed by atoms with van der Waals surface area (Å²) < 4.78 is 16.3. The van der Waals surface area contributed by atoms with E-state index in [-0.39, 0.29) is 5.91 Å². The smallest absolute Gasteiger partial charge is 0.253 e. The zero-order valence-corrected chi connectivity index (χ0v) is 15.3. The number of likely N-dealkylation sites (tertiary alicyclic amines) is 1. The van der Waals surface area contributed by atoms with E-state index in [0.29, 0.717) is 23.1 Å². The molecule has 0 unspecified atom stereocenters. The van der Waals surface area contributed by atoms with Crippen LogP contribution >= 0.6 is 0 Å². The Hall–Kier alpha value is -2.21. The van der Waals surface area contributed by atoms with Crippen LogP contribution in [0.5, 0.6) is 0 Å². The van der Waals surface area contributed by atoms with Gasteiger partial charge in [-0.1, -0.05) is 0 Å². The van der Waals surface area contributed by atoms with Gasteiger partial charge in [-0.25, -0.2) is 9.07 Å². The van der Waals surface area contributed by atoms with E-state index < -0.39 is 5.82 Å². The average molecular weight is 356 g/mol. The lowest BCUT2D eigenvalue weighted by molar-refractivity contribution is 0.0758. The summed E-state index contributed by atoms with van der Waals surface area (Å²) in [5.74, 6) is 0.838. The Labute approximate surface area is 153 Å². The zero-order chi connectivity index (χ0) is 18.3. The monoisotopic (exact) mass is 356 g/mol. The van der Waals surface area contributed by atoms with Gasteiger partial charge in [0.15, 0.2) is 0 Å². The van der Waals surface area contributed by atoms with Gasteiger partial charge in [-0.2, -0.15) is 5.10 Å². The Morgan fingerprint density at radius 1 is 1.15 bits per heavy atom. The van der Waals surface area contributed by atoms with Gasteiger partial charge in [0, 0.05) is 24.3 Å². The van der Waals surface area contributed by atoms with Gasteiger partial charge in [-0.05, 0) is 75.9 Å². The first-order valence-corrected chi connectivity index (χ1v) is 9.36. The number of halogens is 1. The number of hydrogen-bond acceptors (Lipinski definition) is 3. The van der Waals surface area contributed by atoms with Gasteiger partial charge >= 0.3 is 0 Å². The summed E-state index contributed by atoms with van der Waals surface area (Å²) >= 11 is 0. The standard InChI is InChI=1S/C20H25FN4O/c1-13-9-14(2)25(23-13)19-4-3-15(10-18(19)21)20(26)24-7-5-16-11-22-12-17(16)6-8-24/h3-4,9-10,16-17,22H,5-8,11-12H2,1-2H3/t16-,17+. The number of hydrogen-bond donors (Lipinski definition) is 1. The molecule has 6 heteroatoms. The zero-order valence-electron chi connectivity index (χ0n) is 15.3. The van der Waals surface area contributed by atoms with Crippen LogP contribution < -0.4 is 5.32 Å². The summed E-state index contributed by atoms with van der Waals surface area (Å²) in [5.41, 5.74) is 2.50. The molecule has 0 bridgehead atoms. The largest absolute Gasteiger partial charge is 0.339 e. The predicted octanol–water partition coefficient (Wildman–Crippen LogP) is 2.70. The van der Waals surface area contributed by atoms with Gasteiger partial charge < -0.3 is 10.2 Å². The Bertz CT molecular complexity index is 817. The number of carbonyl (C=O) groups excluding carboxylic acids is 1. The maximum atomic E-state index is 14.7. The van der Waals surface area contributed by atoms with Gasteiger partial charge in [0.2, 0.25) is 0 Å². The predicted molar refractivity (Wildman–Crippen MR) is 98.0 cm³/mol. The quantitative estimate of drug-likeness (QED) is 0.900. The minimum absolute atomic E-state index is 0.0725. The molecule has 0 spiro atoms. The second-order valence-electron chi connectivity index (χ2n) is 7.55. The van der Waals surface area contributed by atoms with E-state index in [1.165, 1.54) is 6.07 Å². The van der Waals surface area contributed by atoms with Crippen LogP contribution in [0.25, 0.3) is 5.69 Å². The number of amides is 1. The first-order chi connectivity index (χ1) is 12.5. The lowest BCUT2D eigenvalue weighted by Gasteiger charge is -2.21. The molecular formula is C20H25FN4O. The number of nitrogens with zero attached hydrogens (tertiary/aromatic N) is 3. The molecule has 1 aromatic carbocycles. The highest BCUT2D eigenvalue weighted by atomic mass is 19.1. The van der Waals surface area contributed by atoms with Gasteiger partial charge in [-0.15, -0.1) is 0 Å². The average Bonchev–Trinajstić information content (AvgIpc) is 3.14. The van der Waals surface area contributed by atoms with Crippen molar-refractivity contribution in [1.29, 1.82) is 0 Å². The summed E-state index contributed by atoms with van der Waals surface area (Å²) in [6.45, 7) is 7.38. The van der Waals surface area contributed by atoms with Crippen molar-refractivity contribution < 1.29 is 9.18 Å². The van der Waals surface area contributed by atoms with E-state index in [2.05, 4.69) is 10.4 Å². The summed E-state index contributed by atoms with van der Waals surface area (Å²) in [5, 5.41) is 7.77. The van der Waals surface area contributed by atoms with E-state index in [1.807, 2.05) is 24.8 Å². The topological polar surface area (TPSA) is 50.2 Å². The fourth-order valence-corrected chi connectivity index (χ4v) is 4.29. The van der Waals surface area contributed by atoms with Crippen LogP contribution in [0, 0.1) is 31.5 Å². The van der Waals surface area contributed by atoms with Crippen LogP contribution in [-0.2, 0) is 0 Å². The minimum atomic E-state index is -0.419. The molecule has 0 aliphatic carbocycles. The first kappa shape index (κ1) is 17.2. The third-order valence-electron chi connectivity index (χ3n) is 5.74. The van der Waals surface area contributed by atoms with Crippen molar-refractivity contribution in [3.8, 4) is 5.69 Å². The van der Waals surface area contributed by atoms with Gasteiger partial charge in [0.25, 0.3) is 5.91 Å². The van der Waals surface area contributed by atoms with Crippen LogP contribution in [0.1, 0.15) is 34.6 Å². The number of aromatic nitrogens is 2. The van der Waals surface area contributed by atoms with Crippen molar-refractivity contribution in [3.63, 3.8) is 0 Å². The van der Waals surface area contributed by atoms with Crippen LogP contribution in [0.15, 0.2) is 24.3 Å². The highest BCUT2D eigenvalue weighted by molar-refractivity contribution is 5.94. The molecule has 1 N–H and O–H groups in total. The molecule has 0 radical (unpaired) electrons. The summed E-state index contributed by atoms with van der Waals surface area (Å²) in [4.78, 5) is 14.7. The molecule has 1 amide bonds. The molecule has 0 saturated carbocycles. The van der Waals surface area contributed by atoms with Crippen LogP contribution in [0.2, 0.25) is 0 Å². The Morgan fingerprint density at radius 3 is 2.42 bits per heavy atom. The second-order valence-corrected chi connectivity index (χ2v) is 7.55. The third-order valence-corrected chi connectivity index (χ3v) is 5.74. The summed E-state index contributed by atoms with van der Waals surface area (Å²) in [6.07, 6.45) is 2.05. The molecule has 1 aromatic heterocycles. The van der Waals surface area contributed by atoms with E-state index >= 15 is 0 Å². The first-order valence-electron chi connectivity index (χ1n) is 9.36. The lowest BCUT2D eigenvalue weighted by Crippen LogP contribution is -2.32. The molecule has 2 aliphatic heterocycles. The van der Waals surface area contributed by atoms with Gasteiger partial charge in [0.1, 0.15) is 11.5 Å². The van der Waals surface area contributed by atoms with Crippen molar-refractivity contribution in [1.82, 2.24) is 20.0 Å². The molecule has 4 rings (SSSR count). The van der Waals surface area contributed by atoms with E-state index in [1.54, 1.807) is 16.8 Å². The molecule has 5 nitrogen and oxygen atoms in total. The van der Waals surface area contributed by atoms with Gasteiger partial charge in [-0.3, -0.25) is 4.79 Å². The molecule has 2 saturated heterocycles. The molecule has 2 aromatic rings. The van der Waals surface area contributed by atoms with Crippen molar-refractivity contribution in [2.24, 2.45) is 11.8 Å². The Kier molecular flexibility index (Phi) is 4.53. The minimum Gasteiger partial charge on any atom is -0.339 e.